The van der Waals surface area contributed by atoms with Gasteiger partial charge in [-0.05, 0) is 0 Å². The fourth-order valence-corrected chi connectivity index (χ4v) is 2.12. The Labute approximate surface area is 104 Å². The lowest BCUT2D eigenvalue weighted by molar-refractivity contribution is -0.120. The molecule has 3 heterocycles. The summed E-state index contributed by atoms with van der Waals surface area (Å²) in [6, 6.07) is 0. The van der Waals surface area contributed by atoms with Crippen molar-refractivity contribution in [1.29, 1.82) is 0 Å². The zero-order valence-corrected chi connectivity index (χ0v) is 9.83. The van der Waals surface area contributed by atoms with Crippen molar-refractivity contribution < 1.29 is 4.79 Å². The van der Waals surface area contributed by atoms with E-state index < -0.39 is 0 Å². The Bertz CT molecular complexity index is 592. The van der Waals surface area contributed by atoms with E-state index in [9.17, 15) is 4.79 Å². The van der Waals surface area contributed by atoms with E-state index >= 15 is 0 Å². The van der Waals surface area contributed by atoms with Crippen LogP contribution in [0.3, 0.4) is 0 Å². The number of carbonyl (C=O) groups is 1. The van der Waals surface area contributed by atoms with E-state index in [1.165, 1.54) is 0 Å². The van der Waals surface area contributed by atoms with Gasteiger partial charge in [-0.2, -0.15) is 0 Å². The normalized spacial score (nSPS) is 16.7. The number of nitrogens with two attached hydrogens (primary N) is 1. The Morgan fingerprint density at radius 1 is 1.39 bits per heavy atom. The van der Waals surface area contributed by atoms with Gasteiger partial charge in [0, 0.05) is 38.4 Å². The molecular weight excluding hydrogens is 232 g/mol. The maximum Gasteiger partial charge on any atom is 0.221 e. The van der Waals surface area contributed by atoms with Crippen molar-refractivity contribution >= 4 is 23.2 Å². The summed E-state index contributed by atoms with van der Waals surface area (Å²) in [5.74, 6) is 1.25. The van der Waals surface area contributed by atoms with Gasteiger partial charge in [0.25, 0.3) is 0 Å². The first-order valence-electron chi connectivity index (χ1n) is 5.85. The molecule has 1 aliphatic heterocycles. The lowest BCUT2D eigenvalue weighted by Crippen LogP contribution is -2.29. The maximum absolute atomic E-state index is 11.3. The van der Waals surface area contributed by atoms with Crippen LogP contribution in [0.1, 0.15) is 6.42 Å². The lowest BCUT2D eigenvalue weighted by atomic mass is 10.3. The van der Waals surface area contributed by atoms with E-state index in [1.807, 2.05) is 15.5 Å². The summed E-state index contributed by atoms with van der Waals surface area (Å²) < 4.78 is 1.85. The second kappa shape index (κ2) is 4.17. The first-order chi connectivity index (χ1) is 8.74. The molecule has 2 aromatic rings. The zero-order chi connectivity index (χ0) is 12.5. The number of nitrogen functional groups attached to an aromatic ring is 1. The van der Waals surface area contributed by atoms with Gasteiger partial charge in [-0.15, -0.1) is 0 Å². The maximum atomic E-state index is 11.3. The number of carbonyl (C=O) groups excluding carboxylic acids is 1. The molecule has 3 rings (SSSR count). The van der Waals surface area contributed by atoms with E-state index in [2.05, 4.69) is 15.3 Å². The van der Waals surface area contributed by atoms with Crippen molar-refractivity contribution in [1.82, 2.24) is 19.7 Å². The van der Waals surface area contributed by atoms with Gasteiger partial charge in [-0.25, -0.2) is 9.97 Å². The minimum Gasteiger partial charge on any atom is -0.382 e. The third kappa shape index (κ3) is 1.83. The molecule has 0 spiro atoms. The SMILES string of the molecule is Nc1cn2ccnc2c(N2CCNC(=O)CC2)n1. The molecule has 7 heteroatoms. The van der Waals surface area contributed by atoms with E-state index in [0.29, 0.717) is 31.9 Å². The zero-order valence-electron chi connectivity index (χ0n) is 9.83. The van der Waals surface area contributed by atoms with Gasteiger partial charge in [0.15, 0.2) is 11.5 Å². The van der Waals surface area contributed by atoms with Crippen molar-refractivity contribution in [2.24, 2.45) is 0 Å². The van der Waals surface area contributed by atoms with Gasteiger partial charge in [0.2, 0.25) is 5.91 Å². The van der Waals surface area contributed by atoms with Crippen molar-refractivity contribution in [3.63, 3.8) is 0 Å². The molecule has 2 aromatic heterocycles. The average Bonchev–Trinajstić information content (AvgIpc) is 2.70. The number of amides is 1. The highest BCUT2D eigenvalue weighted by Gasteiger charge is 2.18. The summed E-state index contributed by atoms with van der Waals surface area (Å²) >= 11 is 0. The molecule has 0 unspecified atom stereocenters. The number of fused-ring (bicyclic) bond motifs is 1. The van der Waals surface area contributed by atoms with E-state index in [1.54, 1.807) is 12.4 Å². The van der Waals surface area contributed by atoms with E-state index in [4.69, 9.17) is 5.73 Å². The predicted molar refractivity (Wildman–Crippen MR) is 67.2 cm³/mol. The van der Waals surface area contributed by atoms with Gasteiger partial charge < -0.3 is 20.4 Å². The molecule has 1 fully saturated rings. The van der Waals surface area contributed by atoms with Crippen molar-refractivity contribution in [3.8, 4) is 0 Å². The van der Waals surface area contributed by atoms with Gasteiger partial charge in [-0.1, -0.05) is 0 Å². The highest BCUT2D eigenvalue weighted by molar-refractivity contribution is 5.77. The highest BCUT2D eigenvalue weighted by Crippen LogP contribution is 2.20. The fraction of sp³-hybridized carbons (Fsp3) is 0.364. The number of aromatic nitrogens is 3. The summed E-state index contributed by atoms with van der Waals surface area (Å²) in [5, 5.41) is 2.83. The smallest absolute Gasteiger partial charge is 0.221 e. The first kappa shape index (κ1) is 10.8. The summed E-state index contributed by atoms with van der Waals surface area (Å²) in [6.45, 7) is 1.96. The van der Waals surface area contributed by atoms with Gasteiger partial charge >= 0.3 is 0 Å². The molecule has 94 valence electrons. The summed E-state index contributed by atoms with van der Waals surface area (Å²) in [5.41, 5.74) is 6.55. The van der Waals surface area contributed by atoms with Crippen molar-refractivity contribution in [3.05, 3.63) is 18.6 Å². The number of rotatable bonds is 1. The van der Waals surface area contributed by atoms with Crippen LogP contribution in [0, 0.1) is 0 Å². The lowest BCUT2D eigenvalue weighted by Gasteiger charge is -2.21. The Morgan fingerprint density at radius 3 is 3.17 bits per heavy atom. The number of nitrogens with one attached hydrogen (secondary N) is 1. The van der Waals surface area contributed by atoms with Gasteiger partial charge in [-0.3, -0.25) is 4.79 Å². The molecule has 1 saturated heterocycles. The fourth-order valence-electron chi connectivity index (χ4n) is 2.12. The molecule has 0 aromatic carbocycles. The second-order valence-electron chi connectivity index (χ2n) is 4.23. The predicted octanol–water partition coefficient (Wildman–Crippen LogP) is -0.362. The van der Waals surface area contributed by atoms with Crippen molar-refractivity contribution in [2.45, 2.75) is 6.42 Å². The number of hydrogen-bond acceptors (Lipinski definition) is 5. The monoisotopic (exact) mass is 246 g/mol. The number of nitrogens with zero attached hydrogens (tertiary/aromatic N) is 4. The summed E-state index contributed by atoms with van der Waals surface area (Å²) in [7, 11) is 0. The topological polar surface area (TPSA) is 88.5 Å². The van der Waals surface area contributed by atoms with Crippen LogP contribution in [0.25, 0.3) is 5.65 Å². The summed E-state index contributed by atoms with van der Waals surface area (Å²) in [4.78, 5) is 22.0. The van der Waals surface area contributed by atoms with E-state index in [-0.39, 0.29) is 5.91 Å². The molecule has 7 nitrogen and oxygen atoms in total. The third-order valence-electron chi connectivity index (χ3n) is 2.99. The quantitative estimate of drug-likeness (QED) is 0.717. The first-order valence-corrected chi connectivity index (χ1v) is 5.85. The standard InChI is InChI=1S/C11H14N6O/c12-8-7-17-6-3-14-10(17)11(15-8)16-4-1-9(18)13-2-5-16/h3,6-7H,1-2,4-5,12H2,(H,13,18). The Morgan fingerprint density at radius 2 is 2.28 bits per heavy atom. The molecule has 0 saturated carbocycles. The molecule has 3 N–H and O–H groups in total. The molecule has 18 heavy (non-hydrogen) atoms. The molecule has 1 amide bonds. The Balaban J connectivity index is 2.02. The van der Waals surface area contributed by atoms with E-state index in [0.717, 1.165) is 11.5 Å². The van der Waals surface area contributed by atoms with Crippen LogP contribution in [0.2, 0.25) is 0 Å². The van der Waals surface area contributed by atoms with Crippen LogP contribution in [-0.2, 0) is 4.79 Å². The number of anilines is 2. The second-order valence-corrected chi connectivity index (χ2v) is 4.23. The van der Waals surface area contributed by atoms with Gasteiger partial charge in [0.05, 0.1) is 6.20 Å². The molecule has 0 bridgehead atoms. The third-order valence-corrected chi connectivity index (χ3v) is 2.99. The molecular formula is C11H14N6O. The van der Waals surface area contributed by atoms with Crippen LogP contribution in [-0.4, -0.2) is 39.9 Å². The van der Waals surface area contributed by atoms with Crippen LogP contribution in [0.15, 0.2) is 18.6 Å². The minimum atomic E-state index is 0.0702. The van der Waals surface area contributed by atoms with Crippen LogP contribution >= 0.6 is 0 Å². The molecule has 0 aliphatic carbocycles. The van der Waals surface area contributed by atoms with Crippen LogP contribution in [0.4, 0.5) is 11.6 Å². The van der Waals surface area contributed by atoms with Crippen molar-refractivity contribution in [2.75, 3.05) is 30.3 Å². The highest BCUT2D eigenvalue weighted by atomic mass is 16.1. The van der Waals surface area contributed by atoms with Crippen LogP contribution in [0.5, 0.6) is 0 Å². The molecule has 0 radical (unpaired) electrons. The Kier molecular flexibility index (Phi) is 2.51. The Hall–Kier alpha value is -2.31. The molecule has 0 atom stereocenters. The van der Waals surface area contributed by atoms with Gasteiger partial charge in [0.1, 0.15) is 5.82 Å². The molecule has 1 aliphatic rings. The largest absolute Gasteiger partial charge is 0.382 e. The minimum absolute atomic E-state index is 0.0702. The van der Waals surface area contributed by atoms with Crippen LogP contribution < -0.4 is 16.0 Å². The average molecular weight is 246 g/mol. The summed E-state index contributed by atoms with van der Waals surface area (Å²) in [6.07, 6.45) is 5.73. The number of hydrogen-bond donors (Lipinski definition) is 2. The number of imidazole rings is 1.